The number of fused-ring (bicyclic) bond motifs is 2. The monoisotopic (exact) mass is 371 g/mol. The van der Waals surface area contributed by atoms with Gasteiger partial charge in [-0.15, -0.1) is 10.2 Å². The van der Waals surface area contributed by atoms with Gasteiger partial charge in [0.05, 0.1) is 6.04 Å². The highest BCUT2D eigenvalue weighted by Crippen LogP contribution is 2.26. The van der Waals surface area contributed by atoms with Crippen LogP contribution in [-0.2, 0) is 32.9 Å². The van der Waals surface area contributed by atoms with Gasteiger partial charge in [0.1, 0.15) is 5.82 Å². The third kappa shape index (κ3) is 3.38. The van der Waals surface area contributed by atoms with Gasteiger partial charge in [0.15, 0.2) is 11.5 Å². The fourth-order valence-electron chi connectivity index (χ4n) is 4.22. The minimum Gasteiger partial charge on any atom is -0.340 e. The maximum atomic E-state index is 13.1. The molecule has 2 N–H and O–H groups in total. The zero-order chi connectivity index (χ0) is 19.0. The molecule has 0 bridgehead atoms. The SMILES string of the molecule is CC(C)[C@@H](NC(=O)c1nn(C)c2c1CCCC2)c1nnc2n1CCNCC2. The summed E-state index contributed by atoms with van der Waals surface area (Å²) in [6.07, 6.45) is 5.09. The Morgan fingerprint density at radius 2 is 1.96 bits per heavy atom. The summed E-state index contributed by atoms with van der Waals surface area (Å²) in [7, 11) is 1.94. The highest BCUT2D eigenvalue weighted by Gasteiger charge is 2.30. The normalized spacial score (nSPS) is 17.9. The fraction of sp³-hybridized carbons (Fsp3) is 0.684. The van der Waals surface area contributed by atoms with E-state index in [9.17, 15) is 4.79 Å². The zero-order valence-electron chi connectivity index (χ0n) is 16.5. The first kappa shape index (κ1) is 18.2. The lowest BCUT2D eigenvalue weighted by atomic mass is 9.95. The summed E-state index contributed by atoms with van der Waals surface area (Å²) in [4.78, 5) is 13.1. The lowest BCUT2D eigenvalue weighted by Crippen LogP contribution is -2.35. The number of rotatable bonds is 4. The van der Waals surface area contributed by atoms with E-state index in [2.05, 4.69) is 44.3 Å². The van der Waals surface area contributed by atoms with Crippen molar-refractivity contribution in [2.24, 2.45) is 13.0 Å². The first-order chi connectivity index (χ1) is 13.1. The summed E-state index contributed by atoms with van der Waals surface area (Å²) >= 11 is 0. The molecule has 2 aromatic heterocycles. The first-order valence-electron chi connectivity index (χ1n) is 10.0. The maximum absolute atomic E-state index is 13.1. The molecule has 27 heavy (non-hydrogen) atoms. The second-order valence-electron chi connectivity index (χ2n) is 7.93. The molecule has 146 valence electrons. The Morgan fingerprint density at radius 3 is 2.78 bits per heavy atom. The van der Waals surface area contributed by atoms with Crippen molar-refractivity contribution in [3.05, 3.63) is 28.6 Å². The predicted molar refractivity (Wildman–Crippen MR) is 101 cm³/mol. The van der Waals surface area contributed by atoms with Crippen molar-refractivity contribution in [1.82, 2.24) is 35.2 Å². The largest absolute Gasteiger partial charge is 0.340 e. The van der Waals surface area contributed by atoms with Gasteiger partial charge in [0, 0.05) is 44.4 Å². The van der Waals surface area contributed by atoms with Gasteiger partial charge in [0.2, 0.25) is 0 Å². The van der Waals surface area contributed by atoms with Gasteiger partial charge in [-0.2, -0.15) is 5.10 Å². The van der Waals surface area contributed by atoms with Crippen LogP contribution in [0.1, 0.15) is 66.1 Å². The maximum Gasteiger partial charge on any atom is 0.272 e. The molecule has 1 atom stereocenters. The molecule has 1 aliphatic heterocycles. The van der Waals surface area contributed by atoms with E-state index in [1.165, 1.54) is 12.1 Å². The molecular formula is C19H29N7O. The molecule has 0 fully saturated rings. The molecule has 4 rings (SSSR count). The van der Waals surface area contributed by atoms with Crippen LogP contribution in [0.15, 0.2) is 0 Å². The topological polar surface area (TPSA) is 89.7 Å². The molecule has 1 amide bonds. The van der Waals surface area contributed by atoms with Crippen molar-refractivity contribution in [3.8, 4) is 0 Å². The molecule has 1 aliphatic carbocycles. The Morgan fingerprint density at radius 1 is 1.15 bits per heavy atom. The third-order valence-electron chi connectivity index (χ3n) is 5.71. The third-order valence-corrected chi connectivity index (χ3v) is 5.71. The molecule has 0 aromatic carbocycles. The van der Waals surface area contributed by atoms with Crippen molar-refractivity contribution < 1.29 is 4.79 Å². The van der Waals surface area contributed by atoms with E-state index < -0.39 is 0 Å². The second-order valence-corrected chi connectivity index (χ2v) is 7.93. The average Bonchev–Trinajstić information content (AvgIpc) is 3.12. The number of nitrogens with one attached hydrogen (secondary N) is 2. The lowest BCUT2D eigenvalue weighted by Gasteiger charge is -2.22. The van der Waals surface area contributed by atoms with Gasteiger partial charge in [-0.3, -0.25) is 9.48 Å². The van der Waals surface area contributed by atoms with Gasteiger partial charge < -0.3 is 15.2 Å². The van der Waals surface area contributed by atoms with Crippen LogP contribution in [0, 0.1) is 5.92 Å². The Kier molecular flexibility index (Phi) is 4.99. The molecule has 8 heteroatoms. The van der Waals surface area contributed by atoms with Crippen LogP contribution in [0.25, 0.3) is 0 Å². The van der Waals surface area contributed by atoms with E-state index in [4.69, 9.17) is 0 Å². The van der Waals surface area contributed by atoms with Crippen molar-refractivity contribution in [2.75, 3.05) is 13.1 Å². The molecule has 0 unspecified atom stereocenters. The van der Waals surface area contributed by atoms with E-state index in [1.807, 2.05) is 11.7 Å². The Hall–Kier alpha value is -2.22. The summed E-state index contributed by atoms with van der Waals surface area (Å²) in [6, 6.07) is -0.182. The van der Waals surface area contributed by atoms with E-state index >= 15 is 0 Å². The lowest BCUT2D eigenvalue weighted by molar-refractivity contribution is 0.0915. The molecule has 2 aromatic rings. The number of hydrogen-bond acceptors (Lipinski definition) is 5. The van der Waals surface area contributed by atoms with Gasteiger partial charge in [-0.25, -0.2) is 0 Å². The van der Waals surface area contributed by atoms with Crippen LogP contribution >= 0.6 is 0 Å². The molecule has 0 saturated heterocycles. The van der Waals surface area contributed by atoms with Crippen LogP contribution < -0.4 is 10.6 Å². The predicted octanol–water partition coefficient (Wildman–Crippen LogP) is 1.16. The highest BCUT2D eigenvalue weighted by atomic mass is 16.2. The van der Waals surface area contributed by atoms with Crippen LogP contribution in [0.3, 0.4) is 0 Å². The number of amides is 1. The molecule has 3 heterocycles. The zero-order valence-corrected chi connectivity index (χ0v) is 16.5. The quantitative estimate of drug-likeness (QED) is 0.842. The standard InChI is InChI=1S/C19H29N7O/c1-12(2)16(18-23-22-15-8-9-20-10-11-26(15)18)21-19(27)17-13-6-4-5-7-14(13)25(3)24-17/h12,16,20H,4-11H2,1-3H3,(H,21,27)/t16-/m1/s1. The number of nitrogens with zero attached hydrogens (tertiary/aromatic N) is 5. The first-order valence-corrected chi connectivity index (χ1v) is 10.0. The minimum atomic E-state index is -0.182. The van der Waals surface area contributed by atoms with Gasteiger partial charge in [-0.05, 0) is 31.6 Å². The number of hydrogen-bond donors (Lipinski definition) is 2. The smallest absolute Gasteiger partial charge is 0.272 e. The molecule has 0 radical (unpaired) electrons. The number of aryl methyl sites for hydroxylation is 1. The minimum absolute atomic E-state index is 0.100. The molecular weight excluding hydrogens is 342 g/mol. The molecule has 0 saturated carbocycles. The Balaban J connectivity index is 1.62. The number of carbonyl (C=O) groups excluding carboxylic acids is 1. The summed E-state index contributed by atoms with van der Waals surface area (Å²) in [5, 5.41) is 20.0. The average molecular weight is 371 g/mol. The second kappa shape index (κ2) is 7.42. The van der Waals surface area contributed by atoms with E-state index in [1.54, 1.807) is 0 Å². The Labute approximate surface area is 159 Å². The van der Waals surface area contributed by atoms with Crippen LogP contribution in [0.4, 0.5) is 0 Å². The molecule has 2 aliphatic rings. The van der Waals surface area contributed by atoms with Crippen molar-refractivity contribution in [1.29, 1.82) is 0 Å². The highest BCUT2D eigenvalue weighted by molar-refractivity contribution is 5.94. The van der Waals surface area contributed by atoms with E-state index in [-0.39, 0.29) is 17.9 Å². The van der Waals surface area contributed by atoms with Crippen molar-refractivity contribution >= 4 is 5.91 Å². The number of carbonyl (C=O) groups is 1. The van der Waals surface area contributed by atoms with E-state index in [0.29, 0.717) is 5.69 Å². The summed E-state index contributed by atoms with van der Waals surface area (Å²) < 4.78 is 4.04. The Bertz CT molecular complexity index is 835. The molecule has 8 nitrogen and oxygen atoms in total. The van der Waals surface area contributed by atoms with Crippen LogP contribution in [0.2, 0.25) is 0 Å². The van der Waals surface area contributed by atoms with Crippen molar-refractivity contribution in [2.45, 2.75) is 58.5 Å². The fourth-order valence-corrected chi connectivity index (χ4v) is 4.22. The summed E-state index contributed by atoms with van der Waals surface area (Å²) in [5.74, 6) is 1.95. The van der Waals surface area contributed by atoms with Crippen molar-refractivity contribution in [3.63, 3.8) is 0 Å². The van der Waals surface area contributed by atoms with Crippen LogP contribution in [0.5, 0.6) is 0 Å². The molecule has 0 spiro atoms. The van der Waals surface area contributed by atoms with E-state index in [0.717, 1.165) is 62.5 Å². The van der Waals surface area contributed by atoms with Crippen LogP contribution in [-0.4, -0.2) is 43.5 Å². The summed E-state index contributed by atoms with van der Waals surface area (Å²) in [5.41, 5.74) is 2.90. The van der Waals surface area contributed by atoms with Gasteiger partial charge in [0.25, 0.3) is 5.91 Å². The van der Waals surface area contributed by atoms with Gasteiger partial charge >= 0.3 is 0 Å². The summed E-state index contributed by atoms with van der Waals surface area (Å²) in [6.45, 7) is 6.85. The number of aromatic nitrogens is 5. The van der Waals surface area contributed by atoms with Gasteiger partial charge in [-0.1, -0.05) is 13.8 Å².